The Morgan fingerprint density at radius 3 is 2.95 bits per heavy atom. The van der Waals surface area contributed by atoms with Crippen LogP contribution in [-0.2, 0) is 16.1 Å². The van der Waals surface area contributed by atoms with Crippen LogP contribution >= 0.6 is 11.3 Å². The van der Waals surface area contributed by atoms with Crippen LogP contribution < -0.4 is 11.1 Å². The standard InChI is InChI=1S/C12H19N5O2S/c1-7(2)8-6-9(19-17-8)11(18)14-5-3-4-10-15-16-12(13)20-10/h7,9H,3-6H2,1-2H3,(H2,13,16)(H,14,18). The molecular formula is C12H19N5O2S. The van der Waals surface area contributed by atoms with E-state index in [-0.39, 0.29) is 5.91 Å². The molecule has 8 heteroatoms. The average molecular weight is 297 g/mol. The summed E-state index contributed by atoms with van der Waals surface area (Å²) in [6, 6.07) is 0. The lowest BCUT2D eigenvalue weighted by molar-refractivity contribution is -0.131. The number of carbonyl (C=O) groups excluding carboxylic acids is 1. The van der Waals surface area contributed by atoms with Crippen LogP contribution in [0.15, 0.2) is 5.16 Å². The Kier molecular flexibility index (Phi) is 4.89. The van der Waals surface area contributed by atoms with Crippen molar-refractivity contribution >= 4 is 28.1 Å². The topological polar surface area (TPSA) is 102 Å². The number of nitrogens with zero attached hydrogens (tertiary/aromatic N) is 3. The number of hydrogen-bond acceptors (Lipinski definition) is 7. The summed E-state index contributed by atoms with van der Waals surface area (Å²) in [7, 11) is 0. The van der Waals surface area contributed by atoms with Crippen molar-refractivity contribution in [1.29, 1.82) is 0 Å². The van der Waals surface area contributed by atoms with E-state index in [9.17, 15) is 4.79 Å². The van der Waals surface area contributed by atoms with Gasteiger partial charge in [-0.3, -0.25) is 4.79 Å². The molecule has 1 aromatic rings. The number of nitrogens with two attached hydrogens (primary N) is 1. The Morgan fingerprint density at radius 1 is 1.55 bits per heavy atom. The van der Waals surface area contributed by atoms with Crippen LogP contribution in [0.1, 0.15) is 31.7 Å². The molecule has 1 atom stereocenters. The molecule has 2 rings (SSSR count). The quantitative estimate of drug-likeness (QED) is 0.762. The summed E-state index contributed by atoms with van der Waals surface area (Å²) in [6.45, 7) is 4.65. The van der Waals surface area contributed by atoms with Crippen LogP contribution in [0.2, 0.25) is 0 Å². The predicted molar refractivity (Wildman–Crippen MR) is 77.4 cm³/mol. The van der Waals surface area contributed by atoms with Crippen LogP contribution in [0.3, 0.4) is 0 Å². The highest BCUT2D eigenvalue weighted by Gasteiger charge is 2.28. The molecule has 1 unspecified atom stereocenters. The molecule has 0 spiro atoms. The minimum Gasteiger partial charge on any atom is -0.382 e. The number of amides is 1. The fourth-order valence-electron chi connectivity index (χ4n) is 1.81. The first kappa shape index (κ1) is 14.7. The highest BCUT2D eigenvalue weighted by Crippen LogP contribution is 2.16. The predicted octanol–water partition coefficient (Wildman–Crippen LogP) is 0.970. The van der Waals surface area contributed by atoms with Gasteiger partial charge in [-0.1, -0.05) is 30.3 Å². The molecule has 0 aromatic carbocycles. The van der Waals surface area contributed by atoms with E-state index in [1.54, 1.807) is 0 Å². The smallest absolute Gasteiger partial charge is 0.264 e. The summed E-state index contributed by atoms with van der Waals surface area (Å²) < 4.78 is 0. The summed E-state index contributed by atoms with van der Waals surface area (Å²) in [4.78, 5) is 17.0. The number of hydrogen-bond donors (Lipinski definition) is 2. The molecule has 20 heavy (non-hydrogen) atoms. The molecule has 1 aromatic heterocycles. The molecule has 1 amide bonds. The van der Waals surface area contributed by atoms with Gasteiger partial charge in [0.05, 0.1) is 5.71 Å². The van der Waals surface area contributed by atoms with Crippen molar-refractivity contribution in [2.75, 3.05) is 12.3 Å². The Balaban J connectivity index is 1.64. The van der Waals surface area contributed by atoms with Crippen molar-refractivity contribution in [1.82, 2.24) is 15.5 Å². The largest absolute Gasteiger partial charge is 0.382 e. The number of nitrogen functional groups attached to an aromatic ring is 1. The lowest BCUT2D eigenvalue weighted by Crippen LogP contribution is -2.35. The van der Waals surface area contributed by atoms with E-state index in [1.807, 2.05) is 13.8 Å². The first-order valence-electron chi connectivity index (χ1n) is 6.64. The number of anilines is 1. The molecule has 2 heterocycles. The molecule has 110 valence electrons. The van der Waals surface area contributed by atoms with Gasteiger partial charge in [0, 0.05) is 19.4 Å². The molecule has 7 nitrogen and oxygen atoms in total. The Labute approximate surface area is 121 Å². The van der Waals surface area contributed by atoms with Gasteiger partial charge in [-0.05, 0) is 12.3 Å². The lowest BCUT2D eigenvalue weighted by atomic mass is 10.0. The number of carbonyl (C=O) groups is 1. The zero-order chi connectivity index (χ0) is 14.5. The highest BCUT2D eigenvalue weighted by atomic mass is 32.1. The van der Waals surface area contributed by atoms with Gasteiger partial charge in [-0.2, -0.15) is 0 Å². The fourth-order valence-corrected chi connectivity index (χ4v) is 2.46. The van der Waals surface area contributed by atoms with E-state index < -0.39 is 6.10 Å². The summed E-state index contributed by atoms with van der Waals surface area (Å²) in [5.74, 6) is 0.205. The lowest BCUT2D eigenvalue weighted by Gasteiger charge is -2.09. The molecule has 1 aliphatic rings. The highest BCUT2D eigenvalue weighted by molar-refractivity contribution is 7.15. The van der Waals surface area contributed by atoms with Gasteiger partial charge in [-0.15, -0.1) is 10.2 Å². The van der Waals surface area contributed by atoms with E-state index in [4.69, 9.17) is 10.6 Å². The maximum absolute atomic E-state index is 11.9. The van der Waals surface area contributed by atoms with Crippen LogP contribution in [0.4, 0.5) is 5.13 Å². The van der Waals surface area contributed by atoms with Crippen molar-refractivity contribution < 1.29 is 9.63 Å². The van der Waals surface area contributed by atoms with Gasteiger partial charge in [0.1, 0.15) is 5.01 Å². The second-order valence-electron chi connectivity index (χ2n) is 4.96. The number of aromatic nitrogens is 2. The van der Waals surface area contributed by atoms with Crippen LogP contribution in [0.25, 0.3) is 0 Å². The van der Waals surface area contributed by atoms with Crippen LogP contribution in [0.5, 0.6) is 0 Å². The van der Waals surface area contributed by atoms with E-state index in [0.29, 0.717) is 24.0 Å². The summed E-state index contributed by atoms with van der Waals surface area (Å²) in [5.41, 5.74) is 6.44. The third-order valence-corrected chi connectivity index (χ3v) is 3.81. The Morgan fingerprint density at radius 2 is 2.35 bits per heavy atom. The van der Waals surface area contributed by atoms with Crippen molar-refractivity contribution in [2.45, 2.75) is 39.2 Å². The summed E-state index contributed by atoms with van der Waals surface area (Å²) >= 11 is 1.38. The minimum atomic E-state index is -0.482. The maximum Gasteiger partial charge on any atom is 0.264 e. The SMILES string of the molecule is CC(C)C1=NOC(C(=O)NCCCc2nnc(N)s2)C1. The summed E-state index contributed by atoms with van der Waals surface area (Å²) in [6.07, 6.45) is 1.65. The van der Waals surface area contributed by atoms with Gasteiger partial charge in [-0.25, -0.2) is 0 Å². The van der Waals surface area contributed by atoms with Crippen molar-refractivity contribution in [3.8, 4) is 0 Å². The third-order valence-electron chi connectivity index (χ3n) is 3.00. The molecular weight excluding hydrogens is 278 g/mol. The first-order valence-corrected chi connectivity index (χ1v) is 7.46. The molecule has 3 N–H and O–H groups in total. The monoisotopic (exact) mass is 297 g/mol. The zero-order valence-electron chi connectivity index (χ0n) is 11.6. The second-order valence-corrected chi connectivity index (χ2v) is 6.06. The normalized spacial score (nSPS) is 17.9. The van der Waals surface area contributed by atoms with Crippen LogP contribution in [0, 0.1) is 5.92 Å². The fraction of sp³-hybridized carbons (Fsp3) is 0.667. The Bertz CT molecular complexity index is 500. The van der Waals surface area contributed by atoms with Crippen molar-refractivity contribution in [2.24, 2.45) is 11.1 Å². The molecule has 0 radical (unpaired) electrons. The van der Waals surface area contributed by atoms with Crippen molar-refractivity contribution in [3.63, 3.8) is 0 Å². The van der Waals surface area contributed by atoms with Gasteiger partial charge in [0.25, 0.3) is 5.91 Å². The van der Waals surface area contributed by atoms with Gasteiger partial charge < -0.3 is 15.9 Å². The summed E-state index contributed by atoms with van der Waals surface area (Å²) in [5, 5.41) is 15.8. The molecule has 0 aliphatic carbocycles. The average Bonchev–Trinajstić information content (AvgIpc) is 3.03. The molecule has 1 aliphatic heterocycles. The molecule has 0 bridgehead atoms. The third kappa shape index (κ3) is 3.89. The molecule has 0 saturated carbocycles. The van der Waals surface area contributed by atoms with Crippen LogP contribution in [-0.4, -0.2) is 34.5 Å². The van der Waals surface area contributed by atoms with E-state index in [0.717, 1.165) is 23.6 Å². The molecule has 0 saturated heterocycles. The van der Waals surface area contributed by atoms with E-state index in [2.05, 4.69) is 20.7 Å². The number of oxime groups is 1. The van der Waals surface area contributed by atoms with Gasteiger partial charge >= 0.3 is 0 Å². The Hall–Kier alpha value is -1.70. The zero-order valence-corrected chi connectivity index (χ0v) is 12.4. The van der Waals surface area contributed by atoms with Gasteiger partial charge in [0.15, 0.2) is 0 Å². The van der Waals surface area contributed by atoms with E-state index >= 15 is 0 Å². The second kappa shape index (κ2) is 6.65. The number of aryl methyl sites for hydroxylation is 1. The minimum absolute atomic E-state index is 0.110. The number of nitrogens with one attached hydrogen (secondary N) is 1. The van der Waals surface area contributed by atoms with E-state index in [1.165, 1.54) is 11.3 Å². The first-order chi connectivity index (χ1) is 9.56. The van der Waals surface area contributed by atoms with Crippen molar-refractivity contribution in [3.05, 3.63) is 5.01 Å². The van der Waals surface area contributed by atoms with Gasteiger partial charge in [0.2, 0.25) is 11.2 Å². The maximum atomic E-state index is 11.9. The molecule has 0 fully saturated rings. The number of rotatable bonds is 6.